The van der Waals surface area contributed by atoms with Gasteiger partial charge < -0.3 is 15.2 Å². The van der Waals surface area contributed by atoms with Crippen LogP contribution in [-0.2, 0) is 10.9 Å². The maximum Gasteiger partial charge on any atom is 0.499 e. The van der Waals surface area contributed by atoms with Crippen molar-refractivity contribution >= 4 is 29.6 Å². The Hall–Kier alpha value is -4.76. The molecule has 0 spiro atoms. The van der Waals surface area contributed by atoms with E-state index in [1.54, 1.807) is 0 Å². The predicted octanol–water partition coefficient (Wildman–Crippen LogP) is 7.01. The van der Waals surface area contributed by atoms with E-state index in [4.69, 9.17) is 10.5 Å². The average Bonchev–Trinajstić information content (AvgIpc) is 2.88. The van der Waals surface area contributed by atoms with E-state index in [1.165, 1.54) is 31.2 Å². The molecule has 2 aromatic carbocycles. The number of carbonyl (C=O) groups excluding carboxylic acids is 1. The van der Waals surface area contributed by atoms with Crippen molar-refractivity contribution in [3.8, 4) is 5.75 Å². The summed E-state index contributed by atoms with van der Waals surface area (Å²) in [4.78, 5) is 23.3. The first-order valence-electron chi connectivity index (χ1n) is 11.3. The molecule has 0 aliphatic heterocycles. The molecule has 1 aromatic heterocycles. The number of halogens is 8. The predicted molar refractivity (Wildman–Crippen MR) is 131 cm³/mol. The molecule has 41 heavy (non-hydrogen) atoms. The van der Waals surface area contributed by atoms with Gasteiger partial charge in [-0.05, 0) is 61.5 Å². The Balaban J connectivity index is 1.53. The number of anilines is 1. The smallest absolute Gasteiger partial charge is 0.441 e. The van der Waals surface area contributed by atoms with Crippen molar-refractivity contribution in [1.82, 2.24) is 4.98 Å². The minimum atomic E-state index is -5.87. The molecule has 3 N–H and O–H groups in total. The number of nitrogens with one attached hydrogen (secondary N) is 1. The number of aliphatic imine (C=N–C) groups is 2. The summed E-state index contributed by atoms with van der Waals surface area (Å²) < 4.78 is 109. The van der Waals surface area contributed by atoms with Crippen LogP contribution < -0.4 is 15.8 Å². The van der Waals surface area contributed by atoms with Gasteiger partial charge in [-0.15, -0.1) is 0 Å². The summed E-state index contributed by atoms with van der Waals surface area (Å²) in [6.45, 7) is 1.46. The molecule has 1 unspecified atom stereocenters. The second-order valence-corrected chi connectivity index (χ2v) is 8.09. The van der Waals surface area contributed by atoms with Crippen LogP contribution in [0.2, 0.25) is 0 Å². The normalized spacial score (nSPS) is 13.6. The van der Waals surface area contributed by atoms with Gasteiger partial charge >= 0.3 is 24.6 Å². The Kier molecular flexibility index (Phi) is 9.14. The fourth-order valence-electron chi connectivity index (χ4n) is 2.95. The van der Waals surface area contributed by atoms with E-state index < -0.39 is 42.1 Å². The van der Waals surface area contributed by atoms with Crippen molar-refractivity contribution in [2.45, 2.75) is 31.5 Å². The zero-order valence-electron chi connectivity index (χ0n) is 20.7. The third kappa shape index (κ3) is 8.61. The third-order valence-corrected chi connectivity index (χ3v) is 5.07. The SMILES string of the molecule is CC(OC(=O)Nc1ccc(C(N)=NC=Nc2ccc(OC(F)(F)C(F)(F)F)cc2)cc1)c1ccc(C(F)(F)F)nc1. The molecule has 8 nitrogen and oxygen atoms in total. The summed E-state index contributed by atoms with van der Waals surface area (Å²) in [5, 5.41) is 2.45. The van der Waals surface area contributed by atoms with Crippen molar-refractivity contribution < 1.29 is 49.4 Å². The van der Waals surface area contributed by atoms with E-state index in [-0.39, 0.29) is 17.1 Å². The average molecular weight is 589 g/mol. The molecule has 1 atom stereocenters. The maximum absolute atomic E-state index is 12.9. The number of amidine groups is 1. The van der Waals surface area contributed by atoms with Gasteiger partial charge in [-0.2, -0.15) is 35.1 Å². The summed E-state index contributed by atoms with van der Waals surface area (Å²) in [6.07, 6.45) is -15.6. The number of rotatable bonds is 8. The Morgan fingerprint density at radius 2 is 1.59 bits per heavy atom. The Morgan fingerprint density at radius 3 is 2.12 bits per heavy atom. The summed E-state index contributed by atoms with van der Waals surface area (Å²) in [6, 6.07) is 11.9. The molecular formula is C25H19F8N5O3. The third-order valence-electron chi connectivity index (χ3n) is 5.07. The van der Waals surface area contributed by atoms with Crippen LogP contribution in [0.15, 0.2) is 76.8 Å². The number of amides is 1. The lowest BCUT2D eigenvalue weighted by atomic mass is 10.2. The van der Waals surface area contributed by atoms with Crippen LogP contribution in [0.1, 0.15) is 29.8 Å². The topological polar surface area (TPSA) is 111 Å². The summed E-state index contributed by atoms with van der Waals surface area (Å²) >= 11 is 0. The van der Waals surface area contributed by atoms with Crippen LogP contribution in [0.5, 0.6) is 5.75 Å². The maximum atomic E-state index is 12.9. The minimum absolute atomic E-state index is 0.00363. The number of ether oxygens (including phenoxy) is 2. The van der Waals surface area contributed by atoms with E-state index in [0.717, 1.165) is 48.9 Å². The summed E-state index contributed by atoms with van der Waals surface area (Å²) in [5.74, 6) is -0.728. The van der Waals surface area contributed by atoms with Crippen molar-refractivity contribution in [3.05, 3.63) is 83.7 Å². The Bertz CT molecular complexity index is 1390. The number of nitrogens with two attached hydrogens (primary N) is 1. The molecule has 218 valence electrons. The standard InChI is InChI=1S/C25H19F8N5O3/c1-14(16-4-11-20(35-12-16)23(26,27)28)40-22(39)38-18-5-2-15(3-6-18)21(34)37-13-36-17-7-9-19(10-8-17)41-25(32,33)24(29,30)31/h2-14H,1H3,(H,38,39)(H2,34,36,37). The Labute approximate surface area is 226 Å². The van der Waals surface area contributed by atoms with E-state index in [1.807, 2.05) is 0 Å². The molecule has 0 aliphatic carbocycles. The molecule has 16 heteroatoms. The van der Waals surface area contributed by atoms with E-state index in [9.17, 15) is 39.9 Å². The lowest BCUT2D eigenvalue weighted by molar-refractivity contribution is -0.360. The molecular weight excluding hydrogens is 570 g/mol. The van der Waals surface area contributed by atoms with Crippen molar-refractivity contribution in [3.63, 3.8) is 0 Å². The lowest BCUT2D eigenvalue weighted by Gasteiger charge is -2.20. The lowest BCUT2D eigenvalue weighted by Crippen LogP contribution is -2.41. The quantitative estimate of drug-likeness (QED) is 0.167. The molecule has 0 saturated carbocycles. The first-order chi connectivity index (χ1) is 19.0. The van der Waals surface area contributed by atoms with Gasteiger partial charge in [0.15, 0.2) is 0 Å². The van der Waals surface area contributed by atoms with Crippen molar-refractivity contribution in [1.29, 1.82) is 0 Å². The fraction of sp³-hybridized carbons (Fsp3) is 0.200. The molecule has 0 fully saturated rings. The number of benzene rings is 2. The Morgan fingerprint density at radius 1 is 0.951 bits per heavy atom. The van der Waals surface area contributed by atoms with Crippen molar-refractivity contribution in [2.75, 3.05) is 5.32 Å². The van der Waals surface area contributed by atoms with Crippen LogP contribution >= 0.6 is 0 Å². The van der Waals surface area contributed by atoms with Gasteiger partial charge in [0, 0.05) is 23.0 Å². The minimum Gasteiger partial charge on any atom is -0.441 e. The fourth-order valence-corrected chi connectivity index (χ4v) is 2.95. The second-order valence-electron chi connectivity index (χ2n) is 8.09. The van der Waals surface area contributed by atoms with Gasteiger partial charge in [0.25, 0.3) is 0 Å². The summed E-state index contributed by atoms with van der Waals surface area (Å²) in [7, 11) is 0. The summed E-state index contributed by atoms with van der Waals surface area (Å²) in [5.41, 5.74) is 5.92. The van der Waals surface area contributed by atoms with Crippen LogP contribution in [0.3, 0.4) is 0 Å². The molecule has 0 saturated heterocycles. The molecule has 1 heterocycles. The van der Waals surface area contributed by atoms with Crippen LogP contribution in [0.25, 0.3) is 0 Å². The van der Waals surface area contributed by atoms with Gasteiger partial charge in [-0.1, -0.05) is 6.07 Å². The number of aromatic nitrogens is 1. The van der Waals surface area contributed by atoms with Crippen LogP contribution in [0, 0.1) is 0 Å². The van der Waals surface area contributed by atoms with Gasteiger partial charge in [0.1, 0.15) is 29.7 Å². The van der Waals surface area contributed by atoms with Gasteiger partial charge in [0.2, 0.25) is 0 Å². The number of hydrogen-bond acceptors (Lipinski definition) is 5. The van der Waals surface area contributed by atoms with Crippen LogP contribution in [-0.4, -0.2) is 35.5 Å². The monoisotopic (exact) mass is 589 g/mol. The second kappa shape index (κ2) is 12.2. The zero-order valence-corrected chi connectivity index (χ0v) is 20.7. The molecule has 3 rings (SSSR count). The van der Waals surface area contributed by atoms with Gasteiger partial charge in [-0.25, -0.2) is 14.8 Å². The highest BCUT2D eigenvalue weighted by Gasteiger charge is 2.61. The molecule has 1 amide bonds. The largest absolute Gasteiger partial charge is 0.499 e. The first kappa shape index (κ1) is 30.8. The van der Waals surface area contributed by atoms with Gasteiger partial charge in [-0.3, -0.25) is 10.3 Å². The molecule has 3 aromatic rings. The number of pyridine rings is 1. The van der Waals surface area contributed by atoms with Gasteiger partial charge in [0.05, 0.1) is 5.69 Å². The number of nitrogens with zero attached hydrogens (tertiary/aromatic N) is 3. The van der Waals surface area contributed by atoms with E-state index in [2.05, 4.69) is 25.0 Å². The number of carbonyl (C=O) groups is 1. The first-order valence-corrected chi connectivity index (χ1v) is 11.3. The van der Waals surface area contributed by atoms with Crippen molar-refractivity contribution in [2.24, 2.45) is 15.7 Å². The highest BCUT2D eigenvalue weighted by atomic mass is 19.4. The highest BCUT2D eigenvalue weighted by Crippen LogP contribution is 2.37. The zero-order chi connectivity index (χ0) is 30.4. The van der Waals surface area contributed by atoms with Crippen LogP contribution in [0.4, 0.5) is 51.3 Å². The molecule has 0 radical (unpaired) electrons. The number of hydrogen-bond donors (Lipinski definition) is 2. The highest BCUT2D eigenvalue weighted by molar-refractivity contribution is 6.01. The number of alkyl halides is 8. The van der Waals surface area contributed by atoms with E-state index in [0.29, 0.717) is 11.3 Å². The molecule has 0 aliphatic rings. The molecule has 0 bridgehead atoms. The van der Waals surface area contributed by atoms with E-state index >= 15 is 0 Å².